The van der Waals surface area contributed by atoms with Crippen molar-refractivity contribution >= 4 is 23.2 Å². The first-order valence-corrected chi connectivity index (χ1v) is 10.3. The molecule has 2 fully saturated rings. The van der Waals surface area contributed by atoms with E-state index in [2.05, 4.69) is 26.6 Å². The minimum absolute atomic E-state index is 0.368. The summed E-state index contributed by atoms with van der Waals surface area (Å²) < 4.78 is 11.3. The monoisotopic (exact) mass is 394 g/mol. The van der Waals surface area contributed by atoms with E-state index in [0.717, 1.165) is 76.1 Å². The normalized spacial score (nSPS) is 21.5. The number of benzene rings is 1. The van der Waals surface area contributed by atoms with Crippen LogP contribution >= 0.6 is 11.6 Å². The number of nitrogens with zero attached hydrogens (tertiary/aromatic N) is 2. The molecule has 0 bridgehead atoms. The Morgan fingerprint density at radius 1 is 1.33 bits per heavy atom. The second-order valence-corrected chi connectivity index (χ2v) is 7.53. The highest BCUT2D eigenvalue weighted by atomic mass is 35.5. The van der Waals surface area contributed by atoms with Gasteiger partial charge in [0.05, 0.1) is 6.10 Å². The van der Waals surface area contributed by atoms with E-state index >= 15 is 0 Å². The lowest BCUT2D eigenvalue weighted by Gasteiger charge is -2.22. The Labute approximate surface area is 167 Å². The number of halogens is 1. The van der Waals surface area contributed by atoms with Gasteiger partial charge >= 0.3 is 0 Å². The number of hydrogen-bond donors (Lipinski definition) is 2. The summed E-state index contributed by atoms with van der Waals surface area (Å²) in [5.74, 6) is 0.860. The molecule has 0 spiro atoms. The molecule has 2 N–H and O–H groups in total. The first-order chi connectivity index (χ1) is 13.2. The lowest BCUT2D eigenvalue weighted by Crippen LogP contribution is -2.45. The molecular formula is C20H31ClN4O2. The van der Waals surface area contributed by atoms with Crippen molar-refractivity contribution in [1.82, 2.24) is 10.6 Å². The minimum atomic E-state index is 0.368. The molecule has 2 aliphatic rings. The summed E-state index contributed by atoms with van der Waals surface area (Å²) in [6.07, 6.45) is 4.45. The summed E-state index contributed by atoms with van der Waals surface area (Å²) in [4.78, 5) is 6.71. The molecule has 7 heteroatoms. The number of anilines is 1. The average molecular weight is 395 g/mol. The highest BCUT2D eigenvalue weighted by molar-refractivity contribution is 6.30. The molecule has 6 nitrogen and oxygen atoms in total. The fourth-order valence-electron chi connectivity index (χ4n) is 3.54. The Bertz CT molecular complexity index is 607. The summed E-state index contributed by atoms with van der Waals surface area (Å²) in [5, 5.41) is 7.70. The molecule has 0 aliphatic carbocycles. The topological polar surface area (TPSA) is 58.1 Å². The van der Waals surface area contributed by atoms with Crippen molar-refractivity contribution < 1.29 is 9.47 Å². The number of guanidine groups is 1. The molecule has 2 aliphatic heterocycles. The SMILES string of the molecule is CN=C(NCCCOC1CCOCC1)NC1CCN(c2cccc(Cl)c2)C1. The van der Waals surface area contributed by atoms with Crippen LogP contribution in [-0.4, -0.2) is 64.6 Å². The van der Waals surface area contributed by atoms with Gasteiger partial charge in [0.15, 0.2) is 5.96 Å². The molecule has 1 aromatic rings. The molecule has 1 unspecified atom stereocenters. The van der Waals surface area contributed by atoms with Crippen LogP contribution in [0.15, 0.2) is 29.3 Å². The smallest absolute Gasteiger partial charge is 0.191 e. The number of aliphatic imine (C=N–C) groups is 1. The van der Waals surface area contributed by atoms with Crippen LogP contribution in [0.3, 0.4) is 0 Å². The maximum Gasteiger partial charge on any atom is 0.191 e. The maximum absolute atomic E-state index is 6.11. The predicted molar refractivity (Wildman–Crippen MR) is 111 cm³/mol. The molecule has 0 radical (unpaired) electrons. The van der Waals surface area contributed by atoms with Crippen molar-refractivity contribution in [3.05, 3.63) is 29.3 Å². The zero-order valence-corrected chi connectivity index (χ0v) is 16.9. The lowest BCUT2D eigenvalue weighted by atomic mass is 10.1. The number of rotatable bonds is 7. The molecule has 150 valence electrons. The van der Waals surface area contributed by atoms with Crippen molar-refractivity contribution in [2.24, 2.45) is 4.99 Å². The Hall–Kier alpha value is -1.50. The molecule has 1 aromatic carbocycles. The summed E-state index contributed by atoms with van der Waals surface area (Å²) in [6.45, 7) is 5.26. The van der Waals surface area contributed by atoms with Crippen LogP contribution in [0, 0.1) is 0 Å². The summed E-state index contributed by atoms with van der Waals surface area (Å²) in [6, 6.07) is 8.43. The summed E-state index contributed by atoms with van der Waals surface area (Å²) in [5.41, 5.74) is 1.18. The molecule has 0 amide bonds. The van der Waals surface area contributed by atoms with Gasteiger partial charge in [0.25, 0.3) is 0 Å². The Morgan fingerprint density at radius 3 is 2.96 bits per heavy atom. The predicted octanol–water partition coefficient (Wildman–Crippen LogP) is 2.67. The Kier molecular flexibility index (Phi) is 8.05. The fourth-order valence-corrected chi connectivity index (χ4v) is 3.73. The zero-order chi connectivity index (χ0) is 18.9. The number of nitrogens with one attached hydrogen (secondary N) is 2. The lowest BCUT2D eigenvalue weighted by molar-refractivity contribution is -0.0320. The zero-order valence-electron chi connectivity index (χ0n) is 16.1. The van der Waals surface area contributed by atoms with Gasteiger partial charge in [0, 0.05) is 63.3 Å². The molecular weight excluding hydrogens is 364 g/mol. The third kappa shape index (κ3) is 6.55. The van der Waals surface area contributed by atoms with E-state index in [0.29, 0.717) is 12.1 Å². The van der Waals surface area contributed by atoms with Gasteiger partial charge in [-0.2, -0.15) is 0 Å². The van der Waals surface area contributed by atoms with Crippen molar-refractivity contribution in [2.75, 3.05) is 51.4 Å². The largest absolute Gasteiger partial charge is 0.381 e. The fraction of sp³-hybridized carbons (Fsp3) is 0.650. The van der Waals surface area contributed by atoms with Gasteiger partial charge in [0.2, 0.25) is 0 Å². The summed E-state index contributed by atoms with van der Waals surface area (Å²) in [7, 11) is 1.82. The van der Waals surface area contributed by atoms with Crippen LogP contribution in [0.25, 0.3) is 0 Å². The van der Waals surface area contributed by atoms with Gasteiger partial charge in [-0.3, -0.25) is 4.99 Å². The van der Waals surface area contributed by atoms with Crippen LogP contribution in [0.5, 0.6) is 0 Å². The van der Waals surface area contributed by atoms with Gasteiger partial charge in [-0.25, -0.2) is 0 Å². The minimum Gasteiger partial charge on any atom is -0.381 e. The average Bonchev–Trinajstić information content (AvgIpc) is 3.16. The van der Waals surface area contributed by atoms with Crippen molar-refractivity contribution in [2.45, 2.75) is 37.8 Å². The molecule has 2 saturated heterocycles. The van der Waals surface area contributed by atoms with Crippen LogP contribution in [0.4, 0.5) is 5.69 Å². The Balaban J connectivity index is 1.33. The van der Waals surface area contributed by atoms with Crippen molar-refractivity contribution in [1.29, 1.82) is 0 Å². The standard InChI is InChI=1S/C20H31ClN4O2/c1-22-20(23-9-3-11-27-19-7-12-26-13-8-19)24-17-6-10-25(15-17)18-5-2-4-16(21)14-18/h2,4-5,14,17,19H,3,6-13,15H2,1H3,(H2,22,23,24). The van der Waals surface area contributed by atoms with Gasteiger partial charge in [0.1, 0.15) is 0 Å². The van der Waals surface area contributed by atoms with Gasteiger partial charge in [-0.1, -0.05) is 17.7 Å². The molecule has 2 heterocycles. The maximum atomic E-state index is 6.11. The van der Waals surface area contributed by atoms with E-state index in [-0.39, 0.29) is 0 Å². The molecule has 1 atom stereocenters. The van der Waals surface area contributed by atoms with E-state index in [1.165, 1.54) is 5.69 Å². The van der Waals surface area contributed by atoms with Gasteiger partial charge in [-0.15, -0.1) is 0 Å². The molecule has 0 saturated carbocycles. The third-order valence-electron chi connectivity index (χ3n) is 5.06. The van der Waals surface area contributed by atoms with Crippen molar-refractivity contribution in [3.8, 4) is 0 Å². The van der Waals surface area contributed by atoms with Crippen LogP contribution < -0.4 is 15.5 Å². The first-order valence-electron chi connectivity index (χ1n) is 9.91. The number of hydrogen-bond acceptors (Lipinski definition) is 4. The first kappa shape index (κ1) is 20.2. The highest BCUT2D eigenvalue weighted by Crippen LogP contribution is 2.23. The van der Waals surface area contributed by atoms with E-state index < -0.39 is 0 Å². The van der Waals surface area contributed by atoms with E-state index in [9.17, 15) is 0 Å². The molecule has 3 rings (SSSR count). The van der Waals surface area contributed by atoms with Gasteiger partial charge in [-0.05, 0) is 43.9 Å². The third-order valence-corrected chi connectivity index (χ3v) is 5.30. The molecule has 0 aromatic heterocycles. The Morgan fingerprint density at radius 2 is 2.19 bits per heavy atom. The number of ether oxygens (including phenoxy) is 2. The van der Waals surface area contributed by atoms with Crippen molar-refractivity contribution in [3.63, 3.8) is 0 Å². The second kappa shape index (κ2) is 10.7. The van der Waals surface area contributed by atoms with Crippen LogP contribution in [0.1, 0.15) is 25.7 Å². The molecule has 27 heavy (non-hydrogen) atoms. The van der Waals surface area contributed by atoms with E-state index in [1.54, 1.807) is 0 Å². The van der Waals surface area contributed by atoms with Crippen LogP contribution in [-0.2, 0) is 9.47 Å². The quantitative estimate of drug-likeness (QED) is 0.423. The van der Waals surface area contributed by atoms with Crippen LogP contribution in [0.2, 0.25) is 5.02 Å². The van der Waals surface area contributed by atoms with E-state index in [4.69, 9.17) is 21.1 Å². The highest BCUT2D eigenvalue weighted by Gasteiger charge is 2.23. The second-order valence-electron chi connectivity index (χ2n) is 7.09. The van der Waals surface area contributed by atoms with E-state index in [1.807, 2.05) is 25.2 Å². The summed E-state index contributed by atoms with van der Waals surface area (Å²) >= 11 is 6.11. The van der Waals surface area contributed by atoms with Gasteiger partial charge < -0.3 is 25.0 Å².